The fourth-order valence-electron chi connectivity index (χ4n) is 5.17. The molecule has 0 amide bonds. The van der Waals surface area contributed by atoms with Gasteiger partial charge in [0, 0.05) is 21.1 Å². The summed E-state index contributed by atoms with van der Waals surface area (Å²) in [4.78, 5) is 1.39. The van der Waals surface area contributed by atoms with E-state index in [1.807, 2.05) is 23.5 Å². The monoisotopic (exact) mass is 406 g/mol. The molecule has 1 unspecified atom stereocenters. The number of thiophene rings is 1. The van der Waals surface area contributed by atoms with Gasteiger partial charge < -0.3 is 5.73 Å². The summed E-state index contributed by atoms with van der Waals surface area (Å²) in [6.07, 6.45) is 3.52. The molecule has 1 atom stereocenters. The predicted molar refractivity (Wildman–Crippen MR) is 129 cm³/mol. The minimum atomic E-state index is 0.149. The summed E-state index contributed by atoms with van der Waals surface area (Å²) in [5.41, 5.74) is 9.68. The Morgan fingerprint density at radius 2 is 1.70 bits per heavy atom. The van der Waals surface area contributed by atoms with Crippen LogP contribution in [0.15, 0.2) is 72.8 Å². The predicted octanol–water partition coefficient (Wildman–Crippen LogP) is 6.96. The third kappa shape index (κ3) is 2.59. The zero-order valence-electron chi connectivity index (χ0n) is 16.6. The Hall–Kier alpha value is -3.17. The number of nitrogens with two attached hydrogens (primary N) is 1. The highest BCUT2D eigenvalue weighted by molar-refractivity contribution is 7.19. The van der Waals surface area contributed by atoms with E-state index in [1.54, 1.807) is 0 Å². The van der Waals surface area contributed by atoms with Gasteiger partial charge in [-0.1, -0.05) is 60.7 Å². The number of amidine groups is 1. The molecule has 146 valence electrons. The summed E-state index contributed by atoms with van der Waals surface area (Å²) < 4.78 is 1.14. The van der Waals surface area contributed by atoms with Crippen molar-refractivity contribution >= 4 is 48.8 Å². The Balaban J connectivity index is 1.55. The zero-order valence-corrected chi connectivity index (χ0v) is 17.4. The molecular formula is C27H22N2S. The zero-order chi connectivity index (χ0) is 20.2. The average Bonchev–Trinajstić information content (AvgIpc) is 3.22. The maximum atomic E-state index is 7.93. The van der Waals surface area contributed by atoms with Crippen LogP contribution in [0, 0.1) is 5.41 Å². The average molecular weight is 407 g/mol. The Morgan fingerprint density at radius 1 is 0.867 bits per heavy atom. The van der Waals surface area contributed by atoms with Gasteiger partial charge in [-0.25, -0.2) is 0 Å². The normalized spacial score (nSPS) is 16.2. The number of aryl methyl sites for hydroxylation is 1. The van der Waals surface area contributed by atoms with Crippen LogP contribution in [0.1, 0.15) is 40.3 Å². The van der Waals surface area contributed by atoms with Gasteiger partial charge in [0.2, 0.25) is 0 Å². The second-order valence-electron chi connectivity index (χ2n) is 8.25. The van der Waals surface area contributed by atoms with Gasteiger partial charge in [0.25, 0.3) is 0 Å². The number of benzene rings is 4. The van der Waals surface area contributed by atoms with Gasteiger partial charge in [0.15, 0.2) is 0 Å². The number of hydrogen-bond acceptors (Lipinski definition) is 2. The molecular weight excluding hydrogens is 384 g/mol. The highest BCUT2D eigenvalue weighted by Crippen LogP contribution is 2.44. The SMILES string of the molecule is N=C(N)c1cccc2cc(C3CCCc4c3ccc3c4ccc4ccccc43)sc12. The molecule has 2 nitrogen and oxygen atoms in total. The van der Waals surface area contributed by atoms with Gasteiger partial charge in [-0.2, -0.15) is 0 Å². The smallest absolute Gasteiger partial charge is 0.124 e. The highest BCUT2D eigenvalue weighted by Gasteiger charge is 2.25. The van der Waals surface area contributed by atoms with Crippen molar-refractivity contribution in [3.63, 3.8) is 0 Å². The van der Waals surface area contributed by atoms with E-state index in [0.29, 0.717) is 5.92 Å². The van der Waals surface area contributed by atoms with Crippen molar-refractivity contribution in [2.24, 2.45) is 5.73 Å². The van der Waals surface area contributed by atoms with Crippen LogP contribution >= 0.6 is 11.3 Å². The molecule has 0 saturated carbocycles. The number of hydrogen-bond donors (Lipinski definition) is 2. The molecule has 3 N–H and O–H groups in total. The molecule has 0 aliphatic heterocycles. The lowest BCUT2D eigenvalue weighted by Gasteiger charge is -2.26. The summed E-state index contributed by atoms with van der Waals surface area (Å²) in [5, 5.41) is 14.5. The first kappa shape index (κ1) is 17.7. The van der Waals surface area contributed by atoms with Crippen molar-refractivity contribution in [2.75, 3.05) is 0 Å². The van der Waals surface area contributed by atoms with E-state index < -0.39 is 0 Å². The van der Waals surface area contributed by atoms with Crippen molar-refractivity contribution in [3.8, 4) is 0 Å². The lowest BCUT2D eigenvalue weighted by molar-refractivity contribution is 0.626. The Kier molecular flexibility index (Phi) is 3.93. The minimum absolute atomic E-state index is 0.149. The van der Waals surface area contributed by atoms with Crippen molar-refractivity contribution < 1.29 is 0 Å². The van der Waals surface area contributed by atoms with Crippen molar-refractivity contribution in [1.82, 2.24) is 0 Å². The van der Waals surface area contributed by atoms with E-state index in [4.69, 9.17) is 11.1 Å². The van der Waals surface area contributed by atoms with Gasteiger partial charge in [0.1, 0.15) is 5.84 Å². The van der Waals surface area contributed by atoms with Crippen LogP contribution in [-0.4, -0.2) is 5.84 Å². The largest absolute Gasteiger partial charge is 0.384 e. The first-order chi connectivity index (χ1) is 14.7. The van der Waals surface area contributed by atoms with Crippen LogP contribution in [0.2, 0.25) is 0 Å². The van der Waals surface area contributed by atoms with Crippen LogP contribution in [0.25, 0.3) is 31.6 Å². The maximum Gasteiger partial charge on any atom is 0.124 e. The third-order valence-electron chi connectivity index (χ3n) is 6.57. The van der Waals surface area contributed by atoms with Crippen LogP contribution in [0.5, 0.6) is 0 Å². The molecule has 4 aromatic carbocycles. The Morgan fingerprint density at radius 3 is 2.60 bits per heavy atom. The van der Waals surface area contributed by atoms with E-state index >= 15 is 0 Å². The second kappa shape index (κ2) is 6.68. The van der Waals surface area contributed by atoms with Crippen LogP contribution in [0.3, 0.4) is 0 Å². The molecule has 30 heavy (non-hydrogen) atoms. The van der Waals surface area contributed by atoms with Gasteiger partial charge >= 0.3 is 0 Å². The fourth-order valence-corrected chi connectivity index (χ4v) is 6.52. The number of fused-ring (bicyclic) bond motifs is 6. The molecule has 0 spiro atoms. The summed E-state index contributed by atoms with van der Waals surface area (Å²) in [7, 11) is 0. The van der Waals surface area contributed by atoms with Crippen molar-refractivity contribution in [1.29, 1.82) is 5.41 Å². The molecule has 1 aromatic heterocycles. The summed E-state index contributed by atoms with van der Waals surface area (Å²) in [6, 6.07) is 26.4. The maximum absolute atomic E-state index is 7.93. The van der Waals surface area contributed by atoms with E-state index in [1.165, 1.54) is 55.8 Å². The van der Waals surface area contributed by atoms with Crippen LogP contribution in [0.4, 0.5) is 0 Å². The lowest BCUT2D eigenvalue weighted by Crippen LogP contribution is -2.11. The fraction of sp³-hybridized carbons (Fsp3) is 0.148. The standard InChI is InChI=1S/C27H22N2S/c28-27(29)24-10-3-6-17-15-25(30-26(17)24)23-9-4-8-19-21-12-11-16-5-1-2-7-18(16)20(21)13-14-22(19)23/h1-3,5-7,10-15,23H,4,8-9H2,(H3,28,29). The van der Waals surface area contributed by atoms with E-state index in [9.17, 15) is 0 Å². The molecule has 0 radical (unpaired) electrons. The molecule has 6 rings (SSSR count). The third-order valence-corrected chi connectivity index (χ3v) is 7.86. The molecule has 1 heterocycles. The van der Waals surface area contributed by atoms with E-state index in [2.05, 4.69) is 60.7 Å². The topological polar surface area (TPSA) is 49.9 Å². The first-order valence-electron chi connectivity index (χ1n) is 10.5. The molecule has 0 fully saturated rings. The van der Waals surface area contributed by atoms with E-state index in [-0.39, 0.29) is 5.84 Å². The number of rotatable bonds is 2. The van der Waals surface area contributed by atoms with Crippen molar-refractivity contribution in [2.45, 2.75) is 25.2 Å². The minimum Gasteiger partial charge on any atom is -0.384 e. The van der Waals surface area contributed by atoms with Crippen LogP contribution in [-0.2, 0) is 6.42 Å². The Labute approximate surface area is 179 Å². The molecule has 0 bridgehead atoms. The lowest BCUT2D eigenvalue weighted by atomic mass is 9.79. The summed E-state index contributed by atoms with van der Waals surface area (Å²) in [5.74, 6) is 0.567. The van der Waals surface area contributed by atoms with Gasteiger partial charge in [-0.05, 0) is 69.5 Å². The van der Waals surface area contributed by atoms with Crippen molar-refractivity contribution in [3.05, 3.63) is 94.4 Å². The molecule has 1 aliphatic rings. The summed E-state index contributed by atoms with van der Waals surface area (Å²) >= 11 is 1.81. The first-order valence-corrected chi connectivity index (χ1v) is 11.3. The highest BCUT2D eigenvalue weighted by atomic mass is 32.1. The molecule has 3 heteroatoms. The second-order valence-corrected chi connectivity index (χ2v) is 9.33. The Bertz CT molecular complexity index is 1460. The van der Waals surface area contributed by atoms with Crippen LogP contribution < -0.4 is 5.73 Å². The number of nitrogen functional groups attached to an aromatic ring is 1. The summed E-state index contributed by atoms with van der Waals surface area (Å²) in [6.45, 7) is 0. The van der Waals surface area contributed by atoms with E-state index in [0.717, 1.165) is 16.7 Å². The molecule has 1 aliphatic carbocycles. The van der Waals surface area contributed by atoms with Gasteiger partial charge in [-0.3, -0.25) is 5.41 Å². The quantitative estimate of drug-likeness (QED) is 0.186. The number of nitrogens with one attached hydrogen (secondary N) is 1. The molecule has 0 saturated heterocycles. The molecule has 5 aromatic rings. The van der Waals surface area contributed by atoms with Gasteiger partial charge in [-0.15, -0.1) is 11.3 Å². The van der Waals surface area contributed by atoms with Gasteiger partial charge in [0.05, 0.1) is 0 Å².